The van der Waals surface area contributed by atoms with Gasteiger partial charge in [-0.25, -0.2) is 0 Å². The predicted molar refractivity (Wildman–Crippen MR) is 44.0 cm³/mol. The topological polar surface area (TPSA) is 94.8 Å². The maximum absolute atomic E-state index is 11.0. The van der Waals surface area contributed by atoms with E-state index in [4.69, 9.17) is 15.3 Å². The number of Topliss-reactive ketones (excluding diaryl/α,β-unsaturated/α-hetero) is 2. The SMILES string of the molecule is CC(C)C(O)C(=O)C(=O)[C@H](O)CO. The molecule has 5 heteroatoms. The van der Waals surface area contributed by atoms with E-state index in [1.165, 1.54) is 0 Å². The van der Waals surface area contributed by atoms with Crippen LogP contribution in [0.1, 0.15) is 13.8 Å². The van der Waals surface area contributed by atoms with Crippen molar-refractivity contribution in [3.63, 3.8) is 0 Å². The van der Waals surface area contributed by atoms with E-state index < -0.39 is 30.4 Å². The lowest BCUT2D eigenvalue weighted by molar-refractivity contribution is -0.148. The molecule has 0 aromatic heterocycles. The van der Waals surface area contributed by atoms with Crippen LogP contribution in [-0.4, -0.2) is 45.7 Å². The van der Waals surface area contributed by atoms with Gasteiger partial charge in [0.15, 0.2) is 0 Å². The highest BCUT2D eigenvalue weighted by Gasteiger charge is 2.29. The van der Waals surface area contributed by atoms with Gasteiger partial charge in [0.05, 0.1) is 6.61 Å². The smallest absolute Gasteiger partial charge is 0.231 e. The first-order valence-corrected chi connectivity index (χ1v) is 3.96. The Hall–Kier alpha value is -0.780. The van der Waals surface area contributed by atoms with Crippen LogP contribution in [0.4, 0.5) is 0 Å². The van der Waals surface area contributed by atoms with Crippen molar-refractivity contribution in [3.8, 4) is 0 Å². The number of aliphatic hydroxyl groups excluding tert-OH is 3. The highest BCUT2D eigenvalue weighted by molar-refractivity contribution is 6.40. The molecule has 0 rings (SSSR count). The van der Waals surface area contributed by atoms with E-state index in [9.17, 15) is 9.59 Å². The molecule has 0 aromatic rings. The minimum Gasteiger partial charge on any atom is -0.393 e. The van der Waals surface area contributed by atoms with Gasteiger partial charge in [-0.05, 0) is 5.92 Å². The van der Waals surface area contributed by atoms with Crippen molar-refractivity contribution in [2.24, 2.45) is 5.92 Å². The average molecular weight is 190 g/mol. The zero-order valence-electron chi connectivity index (χ0n) is 7.60. The second kappa shape index (κ2) is 5.06. The molecule has 76 valence electrons. The average Bonchev–Trinajstić information content (AvgIpc) is 2.12. The summed E-state index contributed by atoms with van der Waals surface area (Å²) in [5.74, 6) is -2.59. The van der Waals surface area contributed by atoms with Gasteiger partial charge in [-0.1, -0.05) is 13.8 Å². The van der Waals surface area contributed by atoms with Crippen LogP contribution in [0.5, 0.6) is 0 Å². The van der Waals surface area contributed by atoms with Crippen LogP contribution in [0.3, 0.4) is 0 Å². The van der Waals surface area contributed by atoms with E-state index >= 15 is 0 Å². The standard InChI is InChI=1S/C8H14O5/c1-4(2)6(11)8(13)7(12)5(10)3-9/h4-6,9-11H,3H2,1-2H3/t5-,6?/m1/s1. The summed E-state index contributed by atoms with van der Waals surface area (Å²) < 4.78 is 0. The third-order valence-electron chi connectivity index (χ3n) is 1.62. The van der Waals surface area contributed by atoms with E-state index in [0.717, 1.165) is 0 Å². The summed E-state index contributed by atoms with van der Waals surface area (Å²) >= 11 is 0. The summed E-state index contributed by atoms with van der Waals surface area (Å²) in [5, 5.41) is 26.3. The lowest BCUT2D eigenvalue weighted by Crippen LogP contribution is -2.40. The summed E-state index contributed by atoms with van der Waals surface area (Å²) in [7, 11) is 0. The molecule has 13 heavy (non-hydrogen) atoms. The predicted octanol–water partition coefficient (Wildman–Crippen LogP) is -1.51. The molecule has 0 bridgehead atoms. The second-order valence-corrected chi connectivity index (χ2v) is 3.12. The number of carbonyl (C=O) groups excluding carboxylic acids is 2. The summed E-state index contributed by atoms with van der Waals surface area (Å²) in [6, 6.07) is 0. The molecule has 0 aliphatic heterocycles. The van der Waals surface area contributed by atoms with Gasteiger partial charge in [-0.3, -0.25) is 9.59 Å². The molecule has 0 spiro atoms. The largest absolute Gasteiger partial charge is 0.393 e. The molecule has 0 heterocycles. The Labute approximate surface area is 76.0 Å². The van der Waals surface area contributed by atoms with E-state index in [-0.39, 0.29) is 5.92 Å². The van der Waals surface area contributed by atoms with Crippen molar-refractivity contribution in [1.29, 1.82) is 0 Å². The molecule has 0 saturated heterocycles. The monoisotopic (exact) mass is 190 g/mol. The van der Waals surface area contributed by atoms with Crippen molar-refractivity contribution in [3.05, 3.63) is 0 Å². The number of ketones is 2. The molecule has 3 N–H and O–H groups in total. The number of aliphatic hydroxyl groups is 3. The summed E-state index contributed by atoms with van der Waals surface area (Å²) in [5.41, 5.74) is 0. The van der Waals surface area contributed by atoms with Gasteiger partial charge in [0.2, 0.25) is 11.6 Å². The number of carbonyl (C=O) groups is 2. The highest BCUT2D eigenvalue weighted by atomic mass is 16.3. The van der Waals surface area contributed by atoms with Crippen molar-refractivity contribution in [2.45, 2.75) is 26.1 Å². The maximum Gasteiger partial charge on any atom is 0.231 e. The molecule has 0 amide bonds. The van der Waals surface area contributed by atoms with Crippen molar-refractivity contribution in [1.82, 2.24) is 0 Å². The van der Waals surface area contributed by atoms with Gasteiger partial charge >= 0.3 is 0 Å². The Kier molecular flexibility index (Phi) is 4.76. The van der Waals surface area contributed by atoms with Gasteiger partial charge in [0, 0.05) is 0 Å². The summed E-state index contributed by atoms with van der Waals surface area (Å²) in [4.78, 5) is 21.9. The van der Waals surface area contributed by atoms with Crippen LogP contribution in [0.2, 0.25) is 0 Å². The fraction of sp³-hybridized carbons (Fsp3) is 0.750. The van der Waals surface area contributed by atoms with Crippen LogP contribution in [-0.2, 0) is 9.59 Å². The summed E-state index contributed by atoms with van der Waals surface area (Å²) in [6.45, 7) is 2.33. The number of rotatable bonds is 5. The molecule has 0 aliphatic carbocycles. The Morgan fingerprint density at radius 3 is 1.92 bits per heavy atom. The molecular weight excluding hydrogens is 176 g/mol. The van der Waals surface area contributed by atoms with Crippen molar-refractivity contribution in [2.75, 3.05) is 6.61 Å². The molecule has 0 fully saturated rings. The van der Waals surface area contributed by atoms with Gasteiger partial charge in [0.25, 0.3) is 0 Å². The zero-order valence-corrected chi connectivity index (χ0v) is 7.60. The highest BCUT2D eigenvalue weighted by Crippen LogP contribution is 2.04. The Balaban J connectivity index is 4.34. The Bertz CT molecular complexity index is 199. The second-order valence-electron chi connectivity index (χ2n) is 3.12. The lowest BCUT2D eigenvalue weighted by atomic mass is 9.98. The fourth-order valence-electron chi connectivity index (χ4n) is 0.696. The molecule has 1 unspecified atom stereocenters. The fourth-order valence-corrected chi connectivity index (χ4v) is 0.696. The van der Waals surface area contributed by atoms with Crippen LogP contribution >= 0.6 is 0 Å². The molecule has 0 aliphatic rings. The molecule has 2 atom stereocenters. The van der Waals surface area contributed by atoms with Gasteiger partial charge in [-0.2, -0.15) is 0 Å². The van der Waals surface area contributed by atoms with E-state index in [1.807, 2.05) is 0 Å². The zero-order chi connectivity index (χ0) is 10.6. The quantitative estimate of drug-likeness (QED) is 0.458. The minimum absolute atomic E-state index is 0.387. The van der Waals surface area contributed by atoms with Gasteiger partial charge in [0.1, 0.15) is 12.2 Å². The van der Waals surface area contributed by atoms with E-state index in [0.29, 0.717) is 0 Å². The third kappa shape index (κ3) is 3.22. The maximum atomic E-state index is 11.0. The normalized spacial score (nSPS) is 15.5. The first-order chi connectivity index (χ1) is 5.91. The van der Waals surface area contributed by atoms with Crippen molar-refractivity contribution >= 4 is 11.6 Å². The first kappa shape index (κ1) is 12.2. The van der Waals surface area contributed by atoms with Crippen LogP contribution < -0.4 is 0 Å². The number of hydrogen-bond donors (Lipinski definition) is 3. The molecule has 0 aromatic carbocycles. The van der Waals surface area contributed by atoms with Crippen LogP contribution in [0.15, 0.2) is 0 Å². The van der Waals surface area contributed by atoms with Crippen LogP contribution in [0, 0.1) is 5.92 Å². The Morgan fingerprint density at radius 2 is 1.62 bits per heavy atom. The molecule has 0 radical (unpaired) electrons. The van der Waals surface area contributed by atoms with Gasteiger partial charge < -0.3 is 15.3 Å². The van der Waals surface area contributed by atoms with E-state index in [1.54, 1.807) is 13.8 Å². The van der Waals surface area contributed by atoms with Crippen molar-refractivity contribution < 1.29 is 24.9 Å². The number of hydrogen-bond acceptors (Lipinski definition) is 5. The minimum atomic E-state index is -1.72. The first-order valence-electron chi connectivity index (χ1n) is 3.96. The van der Waals surface area contributed by atoms with Crippen LogP contribution in [0.25, 0.3) is 0 Å². The summed E-state index contributed by atoms with van der Waals surface area (Å²) in [6.07, 6.45) is -3.13. The van der Waals surface area contributed by atoms with E-state index in [2.05, 4.69) is 0 Å². The third-order valence-corrected chi connectivity index (χ3v) is 1.62. The Morgan fingerprint density at radius 1 is 1.15 bits per heavy atom. The van der Waals surface area contributed by atoms with Gasteiger partial charge in [-0.15, -0.1) is 0 Å². The molecule has 5 nitrogen and oxygen atoms in total. The lowest BCUT2D eigenvalue weighted by Gasteiger charge is -2.13. The molecular formula is C8H14O5. The molecule has 0 saturated carbocycles.